The van der Waals surface area contributed by atoms with E-state index in [4.69, 9.17) is 23.2 Å². The maximum absolute atomic E-state index is 13.3. The Morgan fingerprint density at radius 1 is 0.914 bits per heavy atom. The van der Waals surface area contributed by atoms with Gasteiger partial charge in [0.2, 0.25) is 10.0 Å². The molecule has 0 heterocycles. The first-order valence-electron chi connectivity index (χ1n) is 10.6. The zero-order valence-electron chi connectivity index (χ0n) is 18.4. The smallest absolute Gasteiger partial charge is 0.255 e. The molecule has 0 unspecified atom stereocenters. The number of carbonyl (C=O) groups is 1. The Hall–Kier alpha value is -3.23. The van der Waals surface area contributed by atoms with Gasteiger partial charge in [-0.25, -0.2) is 13.8 Å². The third-order valence-electron chi connectivity index (χ3n) is 5.28. The lowest BCUT2D eigenvalue weighted by atomic mass is 10.1. The van der Waals surface area contributed by atoms with Crippen LogP contribution in [0, 0.1) is 0 Å². The van der Waals surface area contributed by atoms with Gasteiger partial charge in [0.05, 0.1) is 17.7 Å². The van der Waals surface area contributed by atoms with Gasteiger partial charge in [0.1, 0.15) is 0 Å². The van der Waals surface area contributed by atoms with Crippen molar-refractivity contribution < 1.29 is 13.2 Å². The van der Waals surface area contributed by atoms with E-state index in [-0.39, 0.29) is 11.4 Å². The van der Waals surface area contributed by atoms with Crippen molar-refractivity contribution in [2.24, 2.45) is 5.10 Å². The molecule has 4 rings (SSSR count). The van der Waals surface area contributed by atoms with Crippen molar-refractivity contribution in [3.05, 3.63) is 112 Å². The second-order valence-corrected chi connectivity index (χ2v) is 10.5. The molecule has 0 radical (unpaired) electrons. The highest BCUT2D eigenvalue weighted by atomic mass is 35.5. The van der Waals surface area contributed by atoms with Crippen LogP contribution in [0.5, 0.6) is 0 Å². The number of hydrogen-bond donors (Lipinski definition) is 1. The summed E-state index contributed by atoms with van der Waals surface area (Å²) in [5.41, 5.74) is 3.77. The molecule has 0 aliphatic heterocycles. The predicted molar refractivity (Wildman–Crippen MR) is 140 cm³/mol. The van der Waals surface area contributed by atoms with Crippen molar-refractivity contribution in [1.82, 2.24) is 9.73 Å². The molecule has 6 nitrogen and oxygen atoms in total. The molecule has 0 aliphatic rings. The monoisotopic (exact) mass is 525 g/mol. The van der Waals surface area contributed by atoms with E-state index in [1.54, 1.807) is 30.3 Å². The third-order valence-corrected chi connectivity index (χ3v) is 7.67. The van der Waals surface area contributed by atoms with Gasteiger partial charge in [0.25, 0.3) is 5.91 Å². The maximum atomic E-state index is 13.3. The molecule has 0 bridgehead atoms. The Kier molecular flexibility index (Phi) is 7.83. The summed E-state index contributed by atoms with van der Waals surface area (Å²) < 4.78 is 27.7. The highest BCUT2D eigenvalue weighted by molar-refractivity contribution is 7.89. The molecule has 0 saturated carbocycles. The van der Waals surface area contributed by atoms with Gasteiger partial charge in [0, 0.05) is 22.2 Å². The van der Waals surface area contributed by atoms with Gasteiger partial charge in [-0.3, -0.25) is 4.79 Å². The van der Waals surface area contributed by atoms with Gasteiger partial charge in [-0.05, 0) is 40.6 Å². The van der Waals surface area contributed by atoms with E-state index in [1.165, 1.54) is 24.4 Å². The second kappa shape index (κ2) is 11.0. The molecule has 4 aromatic carbocycles. The lowest BCUT2D eigenvalue weighted by Crippen LogP contribution is -2.39. The average molecular weight is 526 g/mol. The number of nitrogens with one attached hydrogen (secondary N) is 1. The van der Waals surface area contributed by atoms with Gasteiger partial charge in [-0.15, -0.1) is 0 Å². The minimum Gasteiger partial charge on any atom is -0.272 e. The van der Waals surface area contributed by atoms with E-state index in [9.17, 15) is 13.2 Å². The first-order chi connectivity index (χ1) is 16.8. The predicted octanol–water partition coefficient (Wildman–Crippen LogP) is 5.49. The van der Waals surface area contributed by atoms with Crippen molar-refractivity contribution in [2.75, 3.05) is 6.54 Å². The Bertz CT molecular complexity index is 1490. The molecular formula is C26H21Cl2N3O3S. The topological polar surface area (TPSA) is 78.8 Å². The molecule has 0 aliphatic carbocycles. The molecule has 0 aromatic heterocycles. The molecule has 0 saturated heterocycles. The van der Waals surface area contributed by atoms with Crippen LogP contribution < -0.4 is 5.43 Å². The Morgan fingerprint density at radius 3 is 2.40 bits per heavy atom. The standard InChI is InChI=1S/C26H21Cl2N3O3S/c27-22-14-13-21(25(28)15-22)17-31(35(33,34)23-10-2-1-3-11-23)18-26(32)30-29-16-20-9-6-8-19-7-4-5-12-24(19)20/h1-16H,17-18H2,(H,30,32)/b29-16-. The van der Waals surface area contributed by atoms with E-state index >= 15 is 0 Å². The number of hydrogen-bond acceptors (Lipinski definition) is 4. The van der Waals surface area contributed by atoms with Crippen LogP contribution in [-0.4, -0.2) is 31.4 Å². The highest BCUT2D eigenvalue weighted by Gasteiger charge is 2.27. The van der Waals surface area contributed by atoms with Crippen molar-refractivity contribution in [3.63, 3.8) is 0 Å². The Morgan fingerprint density at radius 2 is 1.63 bits per heavy atom. The number of fused-ring (bicyclic) bond motifs is 1. The van der Waals surface area contributed by atoms with Crippen molar-refractivity contribution in [1.29, 1.82) is 0 Å². The first kappa shape index (κ1) is 24.9. The SMILES string of the molecule is O=C(CN(Cc1ccc(Cl)cc1Cl)S(=O)(=O)c1ccccc1)N/N=C\c1cccc2ccccc12. The summed E-state index contributed by atoms with van der Waals surface area (Å²) in [6.07, 6.45) is 1.53. The molecule has 1 amide bonds. The summed E-state index contributed by atoms with van der Waals surface area (Å²) in [5, 5.41) is 6.81. The molecule has 4 aromatic rings. The van der Waals surface area contributed by atoms with Crippen LogP contribution >= 0.6 is 23.2 Å². The van der Waals surface area contributed by atoms with Crippen LogP contribution in [0.15, 0.2) is 101 Å². The van der Waals surface area contributed by atoms with Crippen LogP contribution in [0.1, 0.15) is 11.1 Å². The number of amides is 1. The number of carbonyl (C=O) groups excluding carboxylic acids is 1. The van der Waals surface area contributed by atoms with Crippen LogP contribution in [0.2, 0.25) is 10.0 Å². The second-order valence-electron chi connectivity index (χ2n) is 7.68. The summed E-state index contributed by atoms with van der Waals surface area (Å²) in [6, 6.07) is 26.3. The molecule has 0 atom stereocenters. The Labute approximate surface area is 213 Å². The van der Waals surface area contributed by atoms with Gasteiger partial charge in [-0.2, -0.15) is 9.41 Å². The zero-order chi connectivity index (χ0) is 24.8. The zero-order valence-corrected chi connectivity index (χ0v) is 20.8. The number of benzene rings is 4. The highest BCUT2D eigenvalue weighted by Crippen LogP contribution is 2.25. The van der Waals surface area contributed by atoms with Crippen LogP contribution in [0.3, 0.4) is 0 Å². The minimum atomic E-state index is -4.00. The van der Waals surface area contributed by atoms with E-state index in [0.29, 0.717) is 15.6 Å². The molecule has 35 heavy (non-hydrogen) atoms. The maximum Gasteiger partial charge on any atom is 0.255 e. The summed E-state index contributed by atoms with van der Waals surface area (Å²) in [5.74, 6) is -0.592. The molecule has 178 valence electrons. The van der Waals surface area contributed by atoms with Crippen LogP contribution in [0.25, 0.3) is 10.8 Å². The van der Waals surface area contributed by atoms with E-state index in [2.05, 4.69) is 10.5 Å². The summed E-state index contributed by atoms with van der Waals surface area (Å²) >= 11 is 12.2. The van der Waals surface area contributed by atoms with Crippen molar-refractivity contribution >= 4 is 56.1 Å². The lowest BCUT2D eigenvalue weighted by Gasteiger charge is -2.22. The van der Waals surface area contributed by atoms with Crippen LogP contribution in [-0.2, 0) is 21.4 Å². The fourth-order valence-electron chi connectivity index (χ4n) is 3.54. The molecule has 0 fully saturated rings. The summed E-state index contributed by atoms with van der Waals surface area (Å²) in [6.45, 7) is -0.573. The van der Waals surface area contributed by atoms with E-state index in [0.717, 1.165) is 20.6 Å². The van der Waals surface area contributed by atoms with Gasteiger partial charge in [-0.1, -0.05) is 89.9 Å². The normalized spacial score (nSPS) is 11.9. The van der Waals surface area contributed by atoms with Crippen molar-refractivity contribution in [3.8, 4) is 0 Å². The fraction of sp³-hybridized carbons (Fsp3) is 0.0769. The van der Waals surface area contributed by atoms with Crippen LogP contribution in [0.4, 0.5) is 0 Å². The lowest BCUT2D eigenvalue weighted by molar-refractivity contribution is -0.121. The van der Waals surface area contributed by atoms with Gasteiger partial charge in [0.15, 0.2) is 0 Å². The minimum absolute atomic E-state index is 0.0668. The average Bonchev–Trinajstić information content (AvgIpc) is 2.86. The quantitative estimate of drug-likeness (QED) is 0.244. The fourth-order valence-corrected chi connectivity index (χ4v) is 5.40. The molecule has 9 heteroatoms. The third kappa shape index (κ3) is 6.07. The van der Waals surface area contributed by atoms with Crippen molar-refractivity contribution in [2.45, 2.75) is 11.4 Å². The number of nitrogens with zero attached hydrogens (tertiary/aromatic N) is 2. The Balaban J connectivity index is 1.55. The number of rotatable bonds is 8. The first-order valence-corrected chi connectivity index (χ1v) is 12.8. The molecule has 1 N–H and O–H groups in total. The molecule has 0 spiro atoms. The number of halogens is 2. The number of sulfonamides is 1. The molecular weight excluding hydrogens is 505 g/mol. The number of hydrazone groups is 1. The van der Waals surface area contributed by atoms with E-state index < -0.39 is 22.5 Å². The summed E-state index contributed by atoms with van der Waals surface area (Å²) in [7, 11) is -4.00. The summed E-state index contributed by atoms with van der Waals surface area (Å²) in [4.78, 5) is 12.8. The largest absolute Gasteiger partial charge is 0.272 e. The van der Waals surface area contributed by atoms with Gasteiger partial charge < -0.3 is 0 Å². The van der Waals surface area contributed by atoms with Gasteiger partial charge >= 0.3 is 0 Å². The van der Waals surface area contributed by atoms with E-state index in [1.807, 2.05) is 42.5 Å².